The first-order chi connectivity index (χ1) is 7.84. The summed E-state index contributed by atoms with van der Waals surface area (Å²) >= 11 is 0. The minimum absolute atomic E-state index is 0.0861. The van der Waals surface area contributed by atoms with E-state index in [9.17, 15) is 4.39 Å². The molecule has 1 nitrogen and oxygen atoms in total. The molecule has 2 heteroatoms. The molecule has 0 N–H and O–H groups in total. The average Bonchev–Trinajstić information content (AvgIpc) is 3.11. The summed E-state index contributed by atoms with van der Waals surface area (Å²) in [6.45, 7) is 0. The van der Waals surface area contributed by atoms with Crippen molar-refractivity contribution in [3.8, 4) is 0 Å². The first kappa shape index (κ1) is 9.55. The molecule has 1 fully saturated rings. The van der Waals surface area contributed by atoms with E-state index in [4.69, 9.17) is 4.74 Å². The second-order valence-corrected chi connectivity index (χ2v) is 3.94. The first-order valence-corrected chi connectivity index (χ1v) is 5.30. The van der Waals surface area contributed by atoms with Gasteiger partial charge in [0.25, 0.3) is 0 Å². The Morgan fingerprint density at radius 1 is 0.750 bits per heavy atom. The Morgan fingerprint density at radius 2 is 1.31 bits per heavy atom. The van der Waals surface area contributed by atoms with Crippen molar-refractivity contribution in [1.29, 1.82) is 0 Å². The topological polar surface area (TPSA) is 12.5 Å². The Kier molecular flexibility index (Phi) is 2.22. The predicted molar refractivity (Wildman–Crippen MR) is 59.4 cm³/mol. The monoisotopic (exact) mass is 214 g/mol. The number of halogens is 1. The molecule has 16 heavy (non-hydrogen) atoms. The van der Waals surface area contributed by atoms with E-state index in [0.29, 0.717) is 0 Å². The van der Waals surface area contributed by atoms with Crippen molar-refractivity contribution >= 4 is 0 Å². The van der Waals surface area contributed by atoms with Gasteiger partial charge in [0.2, 0.25) is 0 Å². The third-order valence-corrected chi connectivity index (χ3v) is 2.82. The first-order valence-electron chi connectivity index (χ1n) is 5.30. The van der Waals surface area contributed by atoms with Crippen LogP contribution in [0.5, 0.6) is 0 Å². The van der Waals surface area contributed by atoms with Crippen LogP contribution in [0.1, 0.15) is 23.3 Å². The van der Waals surface area contributed by atoms with Gasteiger partial charge < -0.3 is 4.74 Å². The summed E-state index contributed by atoms with van der Waals surface area (Å²) in [5, 5.41) is 0. The number of hydrogen-bond donors (Lipinski definition) is 0. The van der Waals surface area contributed by atoms with Crippen molar-refractivity contribution in [3.63, 3.8) is 0 Å². The molecule has 1 heterocycles. The zero-order valence-electron chi connectivity index (χ0n) is 8.64. The van der Waals surface area contributed by atoms with Crippen LogP contribution in [0.4, 0.5) is 4.39 Å². The highest BCUT2D eigenvalue weighted by Crippen LogP contribution is 2.50. The summed E-state index contributed by atoms with van der Waals surface area (Å²) in [7, 11) is 0. The van der Waals surface area contributed by atoms with Gasteiger partial charge >= 0.3 is 0 Å². The van der Waals surface area contributed by atoms with Gasteiger partial charge in [-0.1, -0.05) is 42.5 Å². The fraction of sp³-hybridized carbons (Fsp3) is 0.143. The molecule has 2 aromatic rings. The zero-order valence-corrected chi connectivity index (χ0v) is 8.64. The summed E-state index contributed by atoms with van der Waals surface area (Å²) in [6.07, 6.45) is 0.217. The molecule has 0 amide bonds. The highest BCUT2D eigenvalue weighted by atomic mass is 19.1. The van der Waals surface area contributed by atoms with Crippen molar-refractivity contribution in [1.82, 2.24) is 0 Å². The van der Waals surface area contributed by atoms with Crippen molar-refractivity contribution in [2.45, 2.75) is 12.2 Å². The van der Waals surface area contributed by atoms with E-state index in [0.717, 1.165) is 5.56 Å². The summed E-state index contributed by atoms with van der Waals surface area (Å²) in [5.74, 6) is -0.208. The fourth-order valence-corrected chi connectivity index (χ4v) is 1.91. The SMILES string of the molecule is Fc1ccc([C@H]2O[C@H]2c2ccccc2)cc1. The van der Waals surface area contributed by atoms with Crippen LogP contribution in [0.2, 0.25) is 0 Å². The highest BCUT2D eigenvalue weighted by molar-refractivity contribution is 5.30. The molecular formula is C14H11FO. The molecule has 0 radical (unpaired) electrons. The van der Waals surface area contributed by atoms with Crippen LogP contribution < -0.4 is 0 Å². The summed E-state index contributed by atoms with van der Waals surface area (Å²) in [4.78, 5) is 0. The van der Waals surface area contributed by atoms with E-state index in [1.807, 2.05) is 30.3 Å². The number of benzene rings is 2. The molecule has 0 saturated carbocycles. The Labute approximate surface area is 93.5 Å². The van der Waals surface area contributed by atoms with E-state index < -0.39 is 0 Å². The summed E-state index contributed by atoms with van der Waals surface area (Å²) < 4.78 is 18.4. The third-order valence-electron chi connectivity index (χ3n) is 2.82. The lowest BCUT2D eigenvalue weighted by Gasteiger charge is -1.96. The lowest BCUT2D eigenvalue weighted by atomic mass is 10.0. The number of hydrogen-bond acceptors (Lipinski definition) is 1. The predicted octanol–water partition coefficient (Wildman–Crippen LogP) is 3.64. The maximum absolute atomic E-state index is 12.7. The van der Waals surface area contributed by atoms with E-state index in [1.165, 1.54) is 17.7 Å². The van der Waals surface area contributed by atoms with Gasteiger partial charge in [0.05, 0.1) is 0 Å². The van der Waals surface area contributed by atoms with Gasteiger partial charge in [-0.3, -0.25) is 0 Å². The Balaban J connectivity index is 1.79. The largest absolute Gasteiger partial charge is 0.359 e. The van der Waals surface area contributed by atoms with Crippen molar-refractivity contribution in [2.75, 3.05) is 0 Å². The Bertz CT molecular complexity index is 478. The quantitative estimate of drug-likeness (QED) is 0.695. The highest BCUT2D eigenvalue weighted by Gasteiger charge is 2.41. The summed E-state index contributed by atoms with van der Waals surface area (Å²) in [6, 6.07) is 16.6. The normalized spacial score (nSPS) is 23.1. The fourth-order valence-electron chi connectivity index (χ4n) is 1.91. The maximum atomic E-state index is 12.7. The van der Waals surface area contributed by atoms with Gasteiger partial charge in [-0.05, 0) is 23.3 Å². The van der Waals surface area contributed by atoms with E-state index in [2.05, 4.69) is 0 Å². The van der Waals surface area contributed by atoms with Crippen LogP contribution >= 0.6 is 0 Å². The molecule has 1 aliphatic heterocycles. The molecule has 0 aromatic heterocycles. The van der Waals surface area contributed by atoms with E-state index >= 15 is 0 Å². The number of rotatable bonds is 2. The van der Waals surface area contributed by atoms with Crippen LogP contribution in [0.15, 0.2) is 54.6 Å². The minimum atomic E-state index is -0.208. The van der Waals surface area contributed by atoms with Gasteiger partial charge in [-0.2, -0.15) is 0 Å². The molecule has 3 rings (SSSR count). The molecule has 80 valence electrons. The standard InChI is InChI=1S/C14H11FO/c15-12-8-6-11(7-9-12)14-13(16-14)10-4-2-1-3-5-10/h1-9,13-14H/t13-,14+/m0/s1. The molecule has 1 saturated heterocycles. The molecule has 2 atom stereocenters. The number of ether oxygens (including phenoxy) is 1. The van der Waals surface area contributed by atoms with Crippen LogP contribution in [0.25, 0.3) is 0 Å². The second-order valence-electron chi connectivity index (χ2n) is 3.94. The van der Waals surface area contributed by atoms with Crippen LogP contribution in [0.3, 0.4) is 0 Å². The minimum Gasteiger partial charge on any atom is -0.359 e. The lowest BCUT2D eigenvalue weighted by Crippen LogP contribution is -1.84. The lowest BCUT2D eigenvalue weighted by molar-refractivity contribution is 0.377. The molecule has 0 spiro atoms. The van der Waals surface area contributed by atoms with Gasteiger partial charge in [-0.15, -0.1) is 0 Å². The molecule has 0 aliphatic carbocycles. The molecule has 0 unspecified atom stereocenters. The molecule has 0 bridgehead atoms. The summed E-state index contributed by atoms with van der Waals surface area (Å²) in [5.41, 5.74) is 2.21. The molecular weight excluding hydrogens is 203 g/mol. The smallest absolute Gasteiger partial charge is 0.123 e. The van der Waals surface area contributed by atoms with E-state index in [-0.39, 0.29) is 18.0 Å². The van der Waals surface area contributed by atoms with Gasteiger partial charge in [0.1, 0.15) is 18.0 Å². The number of epoxide rings is 1. The van der Waals surface area contributed by atoms with Gasteiger partial charge in [0, 0.05) is 0 Å². The third kappa shape index (κ3) is 1.72. The Morgan fingerprint density at radius 3 is 1.94 bits per heavy atom. The van der Waals surface area contributed by atoms with Crippen molar-refractivity contribution in [2.24, 2.45) is 0 Å². The van der Waals surface area contributed by atoms with E-state index in [1.54, 1.807) is 12.1 Å². The zero-order chi connectivity index (χ0) is 11.0. The van der Waals surface area contributed by atoms with Crippen LogP contribution in [-0.2, 0) is 4.74 Å². The van der Waals surface area contributed by atoms with Crippen molar-refractivity contribution < 1.29 is 9.13 Å². The van der Waals surface area contributed by atoms with Gasteiger partial charge in [-0.25, -0.2) is 4.39 Å². The van der Waals surface area contributed by atoms with Gasteiger partial charge in [0.15, 0.2) is 0 Å². The Hall–Kier alpha value is -1.67. The molecule has 2 aromatic carbocycles. The van der Waals surface area contributed by atoms with Crippen molar-refractivity contribution in [3.05, 3.63) is 71.5 Å². The average molecular weight is 214 g/mol. The van der Waals surface area contributed by atoms with Crippen LogP contribution in [-0.4, -0.2) is 0 Å². The van der Waals surface area contributed by atoms with Crippen LogP contribution in [0, 0.1) is 5.82 Å². The molecule has 1 aliphatic rings. The second kappa shape index (κ2) is 3.72. The maximum Gasteiger partial charge on any atom is 0.123 e.